The first kappa shape index (κ1) is 18.7. The second-order valence-corrected chi connectivity index (χ2v) is 6.47. The topological polar surface area (TPSA) is 94.3 Å². The number of ether oxygens (including phenoxy) is 1. The summed E-state index contributed by atoms with van der Waals surface area (Å²) in [6.45, 7) is 1.42. The highest BCUT2D eigenvalue weighted by molar-refractivity contribution is 7.13. The van der Waals surface area contributed by atoms with E-state index in [4.69, 9.17) is 9.15 Å². The summed E-state index contributed by atoms with van der Waals surface area (Å²) in [5.74, 6) is -0.0470. The Labute approximate surface area is 158 Å². The Hall–Kier alpha value is -3.07. The van der Waals surface area contributed by atoms with Crippen LogP contribution < -0.4 is 5.32 Å². The van der Waals surface area contributed by atoms with Gasteiger partial charge in [0.15, 0.2) is 16.8 Å². The number of aromatic nitrogens is 2. The van der Waals surface area contributed by atoms with Crippen LogP contribution in [0.25, 0.3) is 11.3 Å². The maximum Gasteiger partial charge on any atom is 0.306 e. The van der Waals surface area contributed by atoms with Crippen LogP contribution in [0.1, 0.15) is 24.9 Å². The molecule has 140 valence electrons. The Morgan fingerprint density at radius 2 is 2.07 bits per heavy atom. The number of amides is 1. The van der Waals surface area contributed by atoms with Crippen molar-refractivity contribution in [1.82, 2.24) is 9.97 Å². The zero-order chi connectivity index (χ0) is 19.2. The molecule has 3 rings (SSSR count). The molecule has 9 heteroatoms. The molecule has 0 fully saturated rings. The number of nitrogens with one attached hydrogen (secondary N) is 1. The Bertz CT molecular complexity index is 936. The standard InChI is InChI=1S/C18H16FN3O4S/c1-11(23)21-18-22-14(10-27-18)9-25-17(24)7-6-16-20-8-15(26-16)12-2-4-13(19)5-3-12/h2-5,8,10H,6-7,9H2,1H3,(H,21,22,23). The molecular weight excluding hydrogens is 373 g/mol. The highest BCUT2D eigenvalue weighted by Gasteiger charge is 2.11. The van der Waals surface area contributed by atoms with Crippen LogP contribution in [0.3, 0.4) is 0 Å². The first-order valence-electron chi connectivity index (χ1n) is 8.08. The van der Waals surface area contributed by atoms with Crippen molar-refractivity contribution in [3.63, 3.8) is 0 Å². The summed E-state index contributed by atoms with van der Waals surface area (Å²) in [5, 5.41) is 4.73. The first-order valence-corrected chi connectivity index (χ1v) is 8.96. The van der Waals surface area contributed by atoms with Gasteiger partial charge in [-0.3, -0.25) is 9.59 Å². The number of hydrogen-bond acceptors (Lipinski definition) is 7. The van der Waals surface area contributed by atoms with E-state index in [1.807, 2.05) is 0 Å². The molecule has 2 heterocycles. The third-order valence-corrected chi connectivity index (χ3v) is 4.25. The van der Waals surface area contributed by atoms with E-state index in [-0.39, 0.29) is 31.2 Å². The molecule has 2 aromatic heterocycles. The third kappa shape index (κ3) is 5.45. The summed E-state index contributed by atoms with van der Waals surface area (Å²) in [5.41, 5.74) is 1.27. The fraction of sp³-hybridized carbons (Fsp3) is 0.222. The Morgan fingerprint density at radius 3 is 2.81 bits per heavy atom. The lowest BCUT2D eigenvalue weighted by atomic mass is 10.2. The van der Waals surface area contributed by atoms with Gasteiger partial charge in [0.25, 0.3) is 0 Å². The number of esters is 1. The van der Waals surface area contributed by atoms with Gasteiger partial charge in [0, 0.05) is 24.3 Å². The average molecular weight is 389 g/mol. The molecule has 0 saturated carbocycles. The first-order chi connectivity index (χ1) is 13.0. The number of thiazole rings is 1. The summed E-state index contributed by atoms with van der Waals surface area (Å²) >= 11 is 1.26. The molecule has 0 unspecified atom stereocenters. The van der Waals surface area contributed by atoms with E-state index in [1.54, 1.807) is 17.5 Å². The van der Waals surface area contributed by atoms with Gasteiger partial charge in [-0.1, -0.05) is 0 Å². The number of hydrogen-bond donors (Lipinski definition) is 1. The number of carbonyl (C=O) groups excluding carboxylic acids is 2. The molecule has 1 amide bonds. The molecule has 0 saturated heterocycles. The van der Waals surface area contributed by atoms with E-state index in [9.17, 15) is 14.0 Å². The van der Waals surface area contributed by atoms with E-state index in [0.29, 0.717) is 28.0 Å². The minimum absolute atomic E-state index is 0.0291. The van der Waals surface area contributed by atoms with Crippen molar-refractivity contribution in [2.24, 2.45) is 0 Å². The minimum atomic E-state index is -0.411. The molecule has 0 aliphatic heterocycles. The highest BCUT2D eigenvalue weighted by Crippen LogP contribution is 2.21. The smallest absolute Gasteiger partial charge is 0.306 e. The summed E-state index contributed by atoms with van der Waals surface area (Å²) in [7, 11) is 0. The van der Waals surface area contributed by atoms with Crippen LogP contribution in [0.5, 0.6) is 0 Å². The van der Waals surface area contributed by atoms with E-state index < -0.39 is 5.97 Å². The molecule has 0 aliphatic carbocycles. The summed E-state index contributed by atoms with van der Waals surface area (Å²) in [4.78, 5) is 31.1. The summed E-state index contributed by atoms with van der Waals surface area (Å²) < 4.78 is 23.7. The van der Waals surface area contributed by atoms with Crippen LogP contribution in [0.15, 0.2) is 40.3 Å². The second-order valence-electron chi connectivity index (χ2n) is 5.61. The Kier molecular flexibility index (Phi) is 5.92. The Balaban J connectivity index is 1.46. The van der Waals surface area contributed by atoms with Crippen molar-refractivity contribution >= 4 is 28.3 Å². The van der Waals surface area contributed by atoms with Crippen LogP contribution in [-0.4, -0.2) is 21.8 Å². The number of rotatable bonds is 7. The lowest BCUT2D eigenvalue weighted by molar-refractivity contribution is -0.145. The quantitative estimate of drug-likeness (QED) is 0.621. The van der Waals surface area contributed by atoms with Crippen LogP contribution >= 0.6 is 11.3 Å². The molecule has 3 aromatic rings. The average Bonchev–Trinajstić information content (AvgIpc) is 3.28. The van der Waals surface area contributed by atoms with Gasteiger partial charge in [-0.15, -0.1) is 11.3 Å². The fourth-order valence-corrected chi connectivity index (χ4v) is 2.93. The molecule has 0 atom stereocenters. The predicted molar refractivity (Wildman–Crippen MR) is 96.4 cm³/mol. The van der Waals surface area contributed by atoms with Crippen molar-refractivity contribution in [1.29, 1.82) is 0 Å². The van der Waals surface area contributed by atoms with Crippen LogP contribution in [0.4, 0.5) is 9.52 Å². The van der Waals surface area contributed by atoms with Gasteiger partial charge < -0.3 is 14.5 Å². The number of nitrogens with zero attached hydrogens (tertiary/aromatic N) is 2. The molecular formula is C18H16FN3O4S. The van der Waals surface area contributed by atoms with E-state index in [1.165, 1.54) is 36.6 Å². The number of oxazole rings is 1. The zero-order valence-corrected chi connectivity index (χ0v) is 15.2. The van der Waals surface area contributed by atoms with Gasteiger partial charge >= 0.3 is 5.97 Å². The van der Waals surface area contributed by atoms with Gasteiger partial charge in [-0.05, 0) is 24.3 Å². The van der Waals surface area contributed by atoms with Crippen LogP contribution in [0, 0.1) is 5.82 Å². The molecule has 7 nitrogen and oxygen atoms in total. The van der Waals surface area contributed by atoms with Crippen molar-refractivity contribution in [3.8, 4) is 11.3 Å². The van der Waals surface area contributed by atoms with Crippen molar-refractivity contribution < 1.29 is 23.1 Å². The van der Waals surface area contributed by atoms with Gasteiger partial charge in [0.1, 0.15) is 12.4 Å². The lowest BCUT2D eigenvalue weighted by Crippen LogP contribution is -2.07. The normalized spacial score (nSPS) is 10.6. The van der Waals surface area contributed by atoms with Gasteiger partial charge in [0.2, 0.25) is 5.91 Å². The molecule has 0 bridgehead atoms. The molecule has 1 N–H and O–H groups in total. The summed E-state index contributed by atoms with van der Waals surface area (Å²) in [6.07, 6.45) is 1.92. The highest BCUT2D eigenvalue weighted by atomic mass is 32.1. The van der Waals surface area contributed by atoms with Crippen molar-refractivity contribution in [3.05, 3.63) is 53.2 Å². The monoisotopic (exact) mass is 389 g/mol. The van der Waals surface area contributed by atoms with Gasteiger partial charge in [-0.25, -0.2) is 14.4 Å². The van der Waals surface area contributed by atoms with Crippen molar-refractivity contribution in [2.75, 3.05) is 5.32 Å². The summed E-state index contributed by atoms with van der Waals surface area (Å²) in [6, 6.07) is 5.86. The molecule has 0 radical (unpaired) electrons. The SMILES string of the molecule is CC(=O)Nc1nc(COC(=O)CCc2ncc(-c3ccc(F)cc3)o2)cs1. The number of benzene rings is 1. The number of anilines is 1. The molecule has 0 aliphatic rings. The van der Waals surface area contributed by atoms with Crippen LogP contribution in [0.2, 0.25) is 0 Å². The van der Waals surface area contributed by atoms with Crippen LogP contribution in [-0.2, 0) is 27.4 Å². The Morgan fingerprint density at radius 1 is 1.30 bits per heavy atom. The zero-order valence-electron chi connectivity index (χ0n) is 14.4. The largest absolute Gasteiger partial charge is 0.459 e. The van der Waals surface area contributed by atoms with E-state index >= 15 is 0 Å². The van der Waals surface area contributed by atoms with Crippen molar-refractivity contribution in [2.45, 2.75) is 26.4 Å². The molecule has 0 spiro atoms. The number of halogens is 1. The number of carbonyl (C=O) groups is 2. The second kappa shape index (κ2) is 8.54. The minimum Gasteiger partial charge on any atom is -0.459 e. The van der Waals surface area contributed by atoms with E-state index in [0.717, 1.165) is 0 Å². The third-order valence-electron chi connectivity index (χ3n) is 3.44. The predicted octanol–water partition coefficient (Wildman–Crippen LogP) is 3.57. The lowest BCUT2D eigenvalue weighted by Gasteiger charge is -2.01. The van der Waals surface area contributed by atoms with Gasteiger partial charge in [0.05, 0.1) is 18.3 Å². The maximum atomic E-state index is 12.9. The molecule has 27 heavy (non-hydrogen) atoms. The maximum absolute atomic E-state index is 12.9. The van der Waals surface area contributed by atoms with E-state index in [2.05, 4.69) is 15.3 Å². The number of aryl methyl sites for hydroxylation is 1. The van der Waals surface area contributed by atoms with Gasteiger partial charge in [-0.2, -0.15) is 0 Å². The molecule has 1 aromatic carbocycles. The fourth-order valence-electron chi connectivity index (χ4n) is 2.19.